The van der Waals surface area contributed by atoms with Crippen LogP contribution in [-0.4, -0.2) is 42.0 Å². The highest BCUT2D eigenvalue weighted by Gasteiger charge is 2.21. The SMILES string of the molecule is CC(=O)N1CCN(c2nccc3c(N)cc(F)cc23)CC1. The maximum atomic E-state index is 13.6. The van der Waals surface area contributed by atoms with E-state index in [1.54, 1.807) is 24.1 Å². The van der Waals surface area contributed by atoms with Crippen LogP contribution in [0.5, 0.6) is 0 Å². The number of fused-ring (bicyclic) bond motifs is 1. The van der Waals surface area contributed by atoms with Gasteiger partial charge in [-0.05, 0) is 18.2 Å². The van der Waals surface area contributed by atoms with Crippen molar-refractivity contribution in [2.45, 2.75) is 6.92 Å². The molecule has 0 atom stereocenters. The van der Waals surface area contributed by atoms with E-state index in [0.29, 0.717) is 37.3 Å². The molecule has 110 valence electrons. The van der Waals surface area contributed by atoms with Crippen LogP contribution < -0.4 is 10.6 Å². The number of anilines is 2. The van der Waals surface area contributed by atoms with Crippen molar-refractivity contribution in [3.63, 3.8) is 0 Å². The van der Waals surface area contributed by atoms with E-state index in [4.69, 9.17) is 5.73 Å². The molecule has 2 aromatic rings. The average molecular weight is 288 g/mol. The number of carbonyl (C=O) groups is 1. The van der Waals surface area contributed by atoms with Crippen LogP contribution in [0.2, 0.25) is 0 Å². The number of pyridine rings is 1. The number of nitrogens with zero attached hydrogens (tertiary/aromatic N) is 3. The molecule has 0 radical (unpaired) electrons. The molecule has 1 aromatic heterocycles. The van der Waals surface area contributed by atoms with Gasteiger partial charge in [0.1, 0.15) is 11.6 Å². The zero-order valence-corrected chi connectivity index (χ0v) is 11.8. The summed E-state index contributed by atoms with van der Waals surface area (Å²) >= 11 is 0. The molecule has 1 aliphatic heterocycles. The molecule has 0 aliphatic carbocycles. The highest BCUT2D eigenvalue weighted by Crippen LogP contribution is 2.29. The number of rotatable bonds is 1. The minimum Gasteiger partial charge on any atom is -0.398 e. The summed E-state index contributed by atoms with van der Waals surface area (Å²) < 4.78 is 13.6. The summed E-state index contributed by atoms with van der Waals surface area (Å²) in [4.78, 5) is 19.6. The minimum absolute atomic E-state index is 0.0795. The number of hydrogen-bond acceptors (Lipinski definition) is 4. The van der Waals surface area contributed by atoms with Gasteiger partial charge in [0, 0.05) is 55.8 Å². The van der Waals surface area contributed by atoms with Crippen molar-refractivity contribution >= 4 is 28.2 Å². The van der Waals surface area contributed by atoms with Gasteiger partial charge in [-0.15, -0.1) is 0 Å². The van der Waals surface area contributed by atoms with Crippen molar-refractivity contribution in [2.75, 3.05) is 36.8 Å². The number of nitrogens with two attached hydrogens (primary N) is 1. The first-order valence-corrected chi connectivity index (χ1v) is 6.90. The molecule has 1 aromatic carbocycles. The molecule has 5 nitrogen and oxygen atoms in total. The fourth-order valence-corrected chi connectivity index (χ4v) is 2.75. The smallest absolute Gasteiger partial charge is 0.219 e. The lowest BCUT2D eigenvalue weighted by Crippen LogP contribution is -2.48. The topological polar surface area (TPSA) is 62.5 Å². The lowest BCUT2D eigenvalue weighted by molar-refractivity contribution is -0.129. The molecule has 2 N–H and O–H groups in total. The van der Waals surface area contributed by atoms with Crippen molar-refractivity contribution in [1.82, 2.24) is 9.88 Å². The van der Waals surface area contributed by atoms with Gasteiger partial charge in [-0.25, -0.2) is 9.37 Å². The van der Waals surface area contributed by atoms with Crippen molar-refractivity contribution in [3.05, 3.63) is 30.2 Å². The number of aromatic nitrogens is 1. The minimum atomic E-state index is -0.364. The monoisotopic (exact) mass is 288 g/mol. The fraction of sp³-hybridized carbons (Fsp3) is 0.333. The van der Waals surface area contributed by atoms with E-state index < -0.39 is 0 Å². The Morgan fingerprint density at radius 3 is 2.62 bits per heavy atom. The third kappa shape index (κ3) is 2.49. The van der Waals surface area contributed by atoms with Crippen LogP contribution in [0.3, 0.4) is 0 Å². The number of carbonyl (C=O) groups excluding carboxylic acids is 1. The van der Waals surface area contributed by atoms with Crippen LogP contribution in [0.1, 0.15) is 6.92 Å². The zero-order valence-electron chi connectivity index (χ0n) is 11.8. The summed E-state index contributed by atoms with van der Waals surface area (Å²) in [5.74, 6) is 0.439. The number of piperazine rings is 1. The Kier molecular flexibility index (Phi) is 3.37. The van der Waals surface area contributed by atoms with E-state index in [-0.39, 0.29) is 11.7 Å². The summed E-state index contributed by atoms with van der Waals surface area (Å²) in [6.07, 6.45) is 1.68. The molecule has 6 heteroatoms. The fourth-order valence-electron chi connectivity index (χ4n) is 2.75. The number of nitrogen functional groups attached to an aromatic ring is 1. The first kappa shape index (κ1) is 13.6. The van der Waals surface area contributed by atoms with Gasteiger partial charge in [0.05, 0.1) is 0 Å². The van der Waals surface area contributed by atoms with Gasteiger partial charge >= 0.3 is 0 Å². The molecule has 1 amide bonds. The molecule has 21 heavy (non-hydrogen) atoms. The highest BCUT2D eigenvalue weighted by atomic mass is 19.1. The number of benzene rings is 1. The Morgan fingerprint density at radius 2 is 1.95 bits per heavy atom. The first-order valence-electron chi connectivity index (χ1n) is 6.90. The van der Waals surface area contributed by atoms with E-state index in [2.05, 4.69) is 9.88 Å². The molecule has 0 unspecified atom stereocenters. The summed E-state index contributed by atoms with van der Waals surface area (Å²) in [6, 6.07) is 4.57. The maximum absolute atomic E-state index is 13.6. The van der Waals surface area contributed by atoms with Crippen molar-refractivity contribution in [3.8, 4) is 0 Å². The van der Waals surface area contributed by atoms with Crippen LogP contribution in [-0.2, 0) is 4.79 Å². The molecule has 1 saturated heterocycles. The highest BCUT2D eigenvalue weighted by molar-refractivity contribution is 5.99. The Hall–Kier alpha value is -2.37. The number of amides is 1. The molecule has 3 rings (SSSR count). The molecule has 1 fully saturated rings. The van der Waals surface area contributed by atoms with Crippen LogP contribution in [0.15, 0.2) is 24.4 Å². The van der Waals surface area contributed by atoms with Gasteiger partial charge in [-0.1, -0.05) is 0 Å². The van der Waals surface area contributed by atoms with Gasteiger partial charge in [-0.2, -0.15) is 0 Å². The Balaban J connectivity index is 1.96. The predicted molar refractivity (Wildman–Crippen MR) is 80.6 cm³/mol. The average Bonchev–Trinajstić information content (AvgIpc) is 2.46. The van der Waals surface area contributed by atoms with Gasteiger partial charge < -0.3 is 15.5 Å². The standard InChI is InChI=1S/C15H17FN4O/c1-10(21)19-4-6-20(7-5-19)15-13-8-11(16)9-14(17)12(13)2-3-18-15/h2-3,8-9H,4-7,17H2,1H3. The van der Waals surface area contributed by atoms with E-state index in [1.165, 1.54) is 12.1 Å². The molecular formula is C15H17FN4O. The number of halogens is 1. The van der Waals surface area contributed by atoms with Crippen LogP contribution in [0.4, 0.5) is 15.9 Å². The largest absolute Gasteiger partial charge is 0.398 e. The third-order valence-corrected chi connectivity index (χ3v) is 3.88. The first-order chi connectivity index (χ1) is 10.1. The second-order valence-corrected chi connectivity index (χ2v) is 5.22. The number of hydrogen-bond donors (Lipinski definition) is 1. The molecule has 0 spiro atoms. The Morgan fingerprint density at radius 1 is 1.24 bits per heavy atom. The second kappa shape index (κ2) is 5.20. The lowest BCUT2D eigenvalue weighted by atomic mass is 10.1. The molecule has 0 bridgehead atoms. The van der Waals surface area contributed by atoms with Crippen molar-refractivity contribution in [1.29, 1.82) is 0 Å². The Labute approximate surface area is 122 Å². The van der Waals surface area contributed by atoms with Gasteiger partial charge in [-0.3, -0.25) is 4.79 Å². The van der Waals surface area contributed by atoms with Crippen LogP contribution in [0, 0.1) is 5.82 Å². The summed E-state index contributed by atoms with van der Waals surface area (Å²) in [7, 11) is 0. The van der Waals surface area contributed by atoms with E-state index in [0.717, 1.165) is 11.2 Å². The molecule has 1 aliphatic rings. The van der Waals surface area contributed by atoms with Crippen molar-refractivity contribution < 1.29 is 9.18 Å². The second-order valence-electron chi connectivity index (χ2n) is 5.22. The normalized spacial score (nSPS) is 15.5. The van der Waals surface area contributed by atoms with E-state index >= 15 is 0 Å². The van der Waals surface area contributed by atoms with Crippen LogP contribution in [0.25, 0.3) is 10.8 Å². The van der Waals surface area contributed by atoms with E-state index in [1.807, 2.05) is 0 Å². The zero-order chi connectivity index (χ0) is 15.0. The van der Waals surface area contributed by atoms with Crippen molar-refractivity contribution in [2.24, 2.45) is 0 Å². The van der Waals surface area contributed by atoms with Gasteiger partial charge in [0.25, 0.3) is 0 Å². The summed E-state index contributed by atoms with van der Waals surface area (Å²) in [6.45, 7) is 4.24. The quantitative estimate of drug-likeness (QED) is 0.810. The lowest BCUT2D eigenvalue weighted by Gasteiger charge is -2.35. The van der Waals surface area contributed by atoms with E-state index in [9.17, 15) is 9.18 Å². The predicted octanol–water partition coefficient (Wildman–Crippen LogP) is 1.62. The third-order valence-electron chi connectivity index (χ3n) is 3.88. The summed E-state index contributed by atoms with van der Waals surface area (Å²) in [5, 5.41) is 1.52. The van der Waals surface area contributed by atoms with Crippen LogP contribution >= 0.6 is 0 Å². The molecular weight excluding hydrogens is 271 g/mol. The summed E-state index contributed by atoms with van der Waals surface area (Å²) in [5.41, 5.74) is 6.29. The maximum Gasteiger partial charge on any atom is 0.219 e. The molecule has 2 heterocycles. The van der Waals surface area contributed by atoms with Gasteiger partial charge in [0.15, 0.2) is 0 Å². The Bertz CT molecular complexity index is 695. The van der Waals surface area contributed by atoms with Gasteiger partial charge in [0.2, 0.25) is 5.91 Å². The molecule has 0 saturated carbocycles.